The molecule has 1 fully saturated rings. The Balaban J connectivity index is 1.68. The minimum atomic E-state index is 0.0470. The van der Waals surface area contributed by atoms with Crippen LogP contribution in [-0.2, 0) is 4.79 Å². The van der Waals surface area contributed by atoms with Gasteiger partial charge in [0, 0.05) is 37.0 Å². The lowest BCUT2D eigenvalue weighted by Gasteiger charge is -2.28. The number of aryl methyl sites for hydroxylation is 1. The van der Waals surface area contributed by atoms with Crippen LogP contribution < -0.4 is 15.5 Å². The molecule has 1 amide bonds. The molecule has 1 aromatic heterocycles. The lowest BCUT2D eigenvalue weighted by atomic mass is 10.1. The molecule has 0 aliphatic carbocycles. The van der Waals surface area contributed by atoms with Crippen LogP contribution in [0.3, 0.4) is 0 Å². The predicted molar refractivity (Wildman–Crippen MR) is 106 cm³/mol. The van der Waals surface area contributed by atoms with Crippen molar-refractivity contribution >= 4 is 28.9 Å². The summed E-state index contributed by atoms with van der Waals surface area (Å²) in [6.45, 7) is 6.03. The highest BCUT2D eigenvalue weighted by Crippen LogP contribution is 2.23. The normalized spacial score (nSPS) is 14.2. The predicted octanol–water partition coefficient (Wildman–Crippen LogP) is 4.26. The molecule has 6 nitrogen and oxygen atoms in total. The highest BCUT2D eigenvalue weighted by Gasteiger charge is 2.14. The van der Waals surface area contributed by atoms with Crippen molar-refractivity contribution in [2.24, 2.45) is 0 Å². The summed E-state index contributed by atoms with van der Waals surface area (Å²) in [5.41, 5.74) is 1.74. The van der Waals surface area contributed by atoms with E-state index in [0.29, 0.717) is 6.42 Å². The fraction of sp³-hybridized carbons (Fsp3) is 0.450. The number of nitrogens with zero attached hydrogens (tertiary/aromatic N) is 3. The minimum absolute atomic E-state index is 0.0470. The number of hydrogen-bond donors (Lipinski definition) is 2. The second-order valence-electron chi connectivity index (χ2n) is 6.71. The third-order valence-electron chi connectivity index (χ3n) is 4.42. The van der Waals surface area contributed by atoms with Gasteiger partial charge >= 0.3 is 0 Å². The van der Waals surface area contributed by atoms with E-state index in [1.165, 1.54) is 19.3 Å². The number of rotatable bonds is 6. The van der Waals surface area contributed by atoms with Crippen LogP contribution in [0.15, 0.2) is 30.3 Å². The number of anilines is 4. The van der Waals surface area contributed by atoms with E-state index in [9.17, 15) is 4.79 Å². The van der Waals surface area contributed by atoms with Crippen LogP contribution in [0.1, 0.15) is 44.9 Å². The molecule has 138 valence electrons. The molecule has 2 heterocycles. The highest BCUT2D eigenvalue weighted by molar-refractivity contribution is 5.90. The minimum Gasteiger partial charge on any atom is -0.356 e. The first-order chi connectivity index (χ1) is 12.6. The van der Waals surface area contributed by atoms with Crippen molar-refractivity contribution in [3.05, 3.63) is 36.2 Å². The molecule has 0 bridgehead atoms. The lowest BCUT2D eigenvalue weighted by Crippen LogP contribution is -2.30. The molecule has 6 heteroatoms. The molecular weight excluding hydrogens is 326 g/mol. The monoisotopic (exact) mass is 353 g/mol. The van der Waals surface area contributed by atoms with Gasteiger partial charge in [-0.1, -0.05) is 6.92 Å². The molecule has 1 saturated heterocycles. The number of nitrogens with one attached hydrogen (secondary N) is 2. The van der Waals surface area contributed by atoms with Crippen LogP contribution in [0.4, 0.5) is 23.0 Å². The summed E-state index contributed by atoms with van der Waals surface area (Å²) < 4.78 is 0. The molecule has 0 unspecified atom stereocenters. The molecule has 26 heavy (non-hydrogen) atoms. The first-order valence-corrected chi connectivity index (χ1v) is 9.41. The molecule has 1 aliphatic rings. The van der Waals surface area contributed by atoms with Crippen LogP contribution in [0.2, 0.25) is 0 Å². The SMILES string of the molecule is CCCC(=O)Nc1ccc(Nc2cc(N3CCCCC3)nc(C)n2)cc1. The number of carbonyl (C=O) groups excluding carboxylic acids is 1. The van der Waals surface area contributed by atoms with Crippen molar-refractivity contribution in [1.82, 2.24) is 9.97 Å². The Labute approximate surface area is 155 Å². The lowest BCUT2D eigenvalue weighted by molar-refractivity contribution is -0.116. The van der Waals surface area contributed by atoms with E-state index < -0.39 is 0 Å². The van der Waals surface area contributed by atoms with E-state index in [1.54, 1.807) is 0 Å². The van der Waals surface area contributed by atoms with Crippen molar-refractivity contribution < 1.29 is 4.79 Å². The first-order valence-electron chi connectivity index (χ1n) is 9.41. The maximum Gasteiger partial charge on any atom is 0.224 e. The van der Waals surface area contributed by atoms with Gasteiger partial charge in [-0.25, -0.2) is 9.97 Å². The number of benzene rings is 1. The number of hydrogen-bond acceptors (Lipinski definition) is 5. The zero-order valence-electron chi connectivity index (χ0n) is 15.6. The van der Waals surface area contributed by atoms with Crippen LogP contribution in [0, 0.1) is 6.92 Å². The van der Waals surface area contributed by atoms with Gasteiger partial charge in [-0.05, 0) is 56.9 Å². The topological polar surface area (TPSA) is 70.2 Å². The fourth-order valence-electron chi connectivity index (χ4n) is 3.14. The Morgan fingerprint density at radius 2 is 1.77 bits per heavy atom. The molecule has 0 radical (unpaired) electrons. The van der Waals surface area contributed by atoms with Crippen molar-refractivity contribution in [3.63, 3.8) is 0 Å². The summed E-state index contributed by atoms with van der Waals surface area (Å²) in [6, 6.07) is 9.69. The van der Waals surface area contributed by atoms with Crippen molar-refractivity contribution in [1.29, 1.82) is 0 Å². The number of aromatic nitrogens is 2. The third kappa shape index (κ3) is 4.94. The van der Waals surface area contributed by atoms with Gasteiger partial charge in [0.2, 0.25) is 5.91 Å². The number of carbonyl (C=O) groups is 1. The Bertz CT molecular complexity index is 738. The second-order valence-corrected chi connectivity index (χ2v) is 6.71. The zero-order valence-corrected chi connectivity index (χ0v) is 15.6. The van der Waals surface area contributed by atoms with E-state index >= 15 is 0 Å². The molecule has 0 saturated carbocycles. The Kier molecular flexibility index (Phi) is 6.04. The highest BCUT2D eigenvalue weighted by atomic mass is 16.1. The van der Waals surface area contributed by atoms with Gasteiger partial charge in [-0.2, -0.15) is 0 Å². The van der Waals surface area contributed by atoms with Crippen LogP contribution in [0.25, 0.3) is 0 Å². The molecular formula is C20H27N5O. The maximum absolute atomic E-state index is 11.7. The van der Waals surface area contributed by atoms with E-state index in [0.717, 1.165) is 48.3 Å². The average molecular weight is 353 g/mol. The standard InChI is InChI=1S/C20H27N5O/c1-3-7-20(26)24-17-10-8-16(9-11-17)23-18-14-19(22-15(2)21-18)25-12-5-4-6-13-25/h8-11,14H,3-7,12-13H2,1-2H3,(H,24,26)(H,21,22,23). The first kappa shape index (κ1) is 18.2. The molecule has 3 rings (SSSR count). The van der Waals surface area contributed by atoms with E-state index in [1.807, 2.05) is 44.2 Å². The molecule has 2 aromatic rings. The van der Waals surface area contributed by atoms with E-state index in [-0.39, 0.29) is 5.91 Å². The number of amides is 1. The zero-order chi connectivity index (χ0) is 18.4. The second kappa shape index (κ2) is 8.65. The van der Waals surface area contributed by atoms with Crippen LogP contribution in [-0.4, -0.2) is 29.0 Å². The fourth-order valence-corrected chi connectivity index (χ4v) is 3.14. The van der Waals surface area contributed by atoms with Gasteiger partial charge in [-0.3, -0.25) is 4.79 Å². The summed E-state index contributed by atoms with van der Waals surface area (Å²) in [5.74, 6) is 2.59. The van der Waals surface area contributed by atoms with E-state index in [2.05, 4.69) is 25.5 Å². The van der Waals surface area contributed by atoms with Gasteiger partial charge in [0.1, 0.15) is 17.5 Å². The Morgan fingerprint density at radius 1 is 1.08 bits per heavy atom. The quantitative estimate of drug-likeness (QED) is 0.812. The van der Waals surface area contributed by atoms with Crippen molar-refractivity contribution in [3.8, 4) is 0 Å². The number of piperidine rings is 1. The molecule has 0 spiro atoms. The van der Waals surface area contributed by atoms with Crippen LogP contribution >= 0.6 is 0 Å². The summed E-state index contributed by atoms with van der Waals surface area (Å²) in [4.78, 5) is 23.1. The summed E-state index contributed by atoms with van der Waals surface area (Å²) in [6.07, 6.45) is 5.12. The van der Waals surface area contributed by atoms with Gasteiger partial charge in [-0.15, -0.1) is 0 Å². The van der Waals surface area contributed by atoms with Gasteiger partial charge in [0.05, 0.1) is 0 Å². The van der Waals surface area contributed by atoms with Gasteiger partial charge in [0.25, 0.3) is 0 Å². The Morgan fingerprint density at radius 3 is 2.46 bits per heavy atom. The van der Waals surface area contributed by atoms with Gasteiger partial charge in [0.15, 0.2) is 0 Å². The molecule has 0 atom stereocenters. The van der Waals surface area contributed by atoms with E-state index in [4.69, 9.17) is 0 Å². The smallest absolute Gasteiger partial charge is 0.224 e. The summed E-state index contributed by atoms with van der Waals surface area (Å²) in [5, 5.41) is 6.24. The summed E-state index contributed by atoms with van der Waals surface area (Å²) >= 11 is 0. The van der Waals surface area contributed by atoms with Crippen LogP contribution in [0.5, 0.6) is 0 Å². The average Bonchev–Trinajstić information content (AvgIpc) is 2.64. The van der Waals surface area contributed by atoms with Crippen molar-refractivity contribution in [2.45, 2.75) is 46.0 Å². The third-order valence-corrected chi connectivity index (χ3v) is 4.42. The molecule has 1 aliphatic heterocycles. The largest absolute Gasteiger partial charge is 0.356 e. The van der Waals surface area contributed by atoms with Gasteiger partial charge < -0.3 is 15.5 Å². The molecule has 2 N–H and O–H groups in total. The van der Waals surface area contributed by atoms with Crippen molar-refractivity contribution in [2.75, 3.05) is 28.6 Å². The summed E-state index contributed by atoms with van der Waals surface area (Å²) in [7, 11) is 0. The molecule has 1 aromatic carbocycles. The maximum atomic E-state index is 11.7. The Hall–Kier alpha value is -2.63.